The third-order valence-electron chi connectivity index (χ3n) is 12.4. The molecule has 6 heteroatoms. The highest BCUT2D eigenvalue weighted by atomic mass is 16.6. The number of fused-ring (bicyclic) bond motifs is 7. The monoisotopic (exact) mass is 496 g/mol. The lowest BCUT2D eigenvalue weighted by Crippen LogP contribution is -2.51. The molecule has 36 heavy (non-hydrogen) atoms. The lowest BCUT2D eigenvalue weighted by Gasteiger charge is -2.47. The molecule has 7 rings (SSSR count). The van der Waals surface area contributed by atoms with E-state index in [0.717, 1.165) is 18.4 Å². The van der Waals surface area contributed by atoms with E-state index in [1.165, 1.54) is 11.1 Å². The van der Waals surface area contributed by atoms with E-state index in [0.29, 0.717) is 12.8 Å². The predicted octanol–water partition coefficient (Wildman–Crippen LogP) is 3.80. The van der Waals surface area contributed by atoms with E-state index in [-0.39, 0.29) is 77.4 Å². The van der Waals surface area contributed by atoms with Crippen LogP contribution in [0.1, 0.15) is 67.2 Å². The summed E-state index contributed by atoms with van der Waals surface area (Å²) >= 11 is 0. The second-order valence-corrected chi connectivity index (χ2v) is 13.9. The number of aliphatic hydroxyl groups is 2. The second-order valence-electron chi connectivity index (χ2n) is 13.9. The second kappa shape index (κ2) is 6.85. The number of carbonyl (C=O) groups excluding carboxylic acids is 2. The topological polar surface area (TPSA) is 93.1 Å². The van der Waals surface area contributed by atoms with Gasteiger partial charge in [0.05, 0.1) is 23.0 Å². The third kappa shape index (κ3) is 2.43. The molecular formula is C30H40O6. The van der Waals surface area contributed by atoms with Crippen molar-refractivity contribution in [2.24, 2.45) is 58.7 Å². The SMILES string of the molecule is CC1=C[C@@H]2[C@H]3[C@H](C(C)=C4[C@H]5OC(=O)[C@@H](C)C5CC[C@@](C)(O)[C@@H]43)[C@@]13[C@@H]2[C@@](C)(O)CCC1[C@H](C)C(=O)O[C@@H]13. The number of hydrogen-bond donors (Lipinski definition) is 2. The quantitative estimate of drug-likeness (QED) is 0.391. The van der Waals surface area contributed by atoms with Crippen molar-refractivity contribution in [3.05, 3.63) is 22.8 Å². The van der Waals surface area contributed by atoms with Gasteiger partial charge in [-0.3, -0.25) is 9.59 Å². The normalized spacial score (nSPS) is 58.8. The number of hydrogen-bond acceptors (Lipinski definition) is 6. The summed E-state index contributed by atoms with van der Waals surface area (Å²) in [6, 6.07) is 0. The standard InChI is InChI=1S/C30H40O6/c1-12-11-18-20-21(30(12)24(18)29(6,34)10-8-17-14(3)27(32)36-25(17)30)15(4)19-22(20)28(5,33)9-7-16-13(2)26(31)35-23(16)19/h11,13-14,16-18,20-25,33-34H,7-10H2,1-6H3/t13-,14-,16?,17?,18+,20-,21-,22-,23-,24-,25-,28+,29-,30+/m0/s1. The Morgan fingerprint density at radius 1 is 0.889 bits per heavy atom. The summed E-state index contributed by atoms with van der Waals surface area (Å²) in [6.07, 6.45) is 4.59. The maximum Gasteiger partial charge on any atom is 0.309 e. The molecule has 0 spiro atoms. The highest BCUT2D eigenvalue weighted by Crippen LogP contribution is 2.78. The van der Waals surface area contributed by atoms with Gasteiger partial charge in [-0.05, 0) is 76.7 Å². The van der Waals surface area contributed by atoms with Gasteiger partial charge in [0.1, 0.15) is 12.2 Å². The van der Waals surface area contributed by atoms with Gasteiger partial charge >= 0.3 is 11.9 Å². The number of carbonyl (C=O) groups is 2. The molecule has 2 saturated heterocycles. The van der Waals surface area contributed by atoms with E-state index < -0.39 is 16.6 Å². The van der Waals surface area contributed by atoms with Crippen molar-refractivity contribution < 1.29 is 29.3 Å². The molecule has 0 aromatic carbocycles. The van der Waals surface area contributed by atoms with Crippen LogP contribution < -0.4 is 0 Å². The molecule has 2 bridgehead atoms. The Kier molecular flexibility index (Phi) is 4.46. The third-order valence-corrected chi connectivity index (χ3v) is 12.4. The van der Waals surface area contributed by atoms with Crippen molar-refractivity contribution >= 4 is 11.9 Å². The Morgan fingerprint density at radius 2 is 1.50 bits per heavy atom. The Hall–Kier alpha value is -1.66. The predicted molar refractivity (Wildman–Crippen MR) is 131 cm³/mol. The maximum atomic E-state index is 13.0. The summed E-state index contributed by atoms with van der Waals surface area (Å²) in [5, 5.41) is 24.1. The molecule has 7 aliphatic rings. The summed E-state index contributed by atoms with van der Waals surface area (Å²) in [6.45, 7) is 12.2. The first-order chi connectivity index (χ1) is 16.8. The van der Waals surface area contributed by atoms with E-state index in [1.807, 2.05) is 27.7 Å². The van der Waals surface area contributed by atoms with Crippen molar-refractivity contribution in [2.75, 3.05) is 0 Å². The van der Waals surface area contributed by atoms with Gasteiger partial charge in [-0.15, -0.1) is 0 Å². The fourth-order valence-electron chi connectivity index (χ4n) is 11.0. The van der Waals surface area contributed by atoms with Crippen LogP contribution in [0, 0.1) is 58.7 Å². The first-order valence-electron chi connectivity index (χ1n) is 14.1. The highest BCUT2D eigenvalue weighted by Gasteiger charge is 2.78. The van der Waals surface area contributed by atoms with Gasteiger partial charge in [-0.2, -0.15) is 0 Å². The van der Waals surface area contributed by atoms with Crippen molar-refractivity contribution in [3.63, 3.8) is 0 Å². The van der Waals surface area contributed by atoms with Gasteiger partial charge in [-0.25, -0.2) is 0 Å². The molecule has 2 heterocycles. The molecule has 0 aromatic heterocycles. The summed E-state index contributed by atoms with van der Waals surface area (Å²) in [5.41, 5.74) is 1.23. The van der Waals surface area contributed by atoms with Crippen molar-refractivity contribution in [1.29, 1.82) is 0 Å². The Labute approximate surface area is 213 Å². The zero-order valence-corrected chi connectivity index (χ0v) is 22.3. The van der Waals surface area contributed by atoms with Gasteiger partial charge in [0, 0.05) is 29.1 Å². The van der Waals surface area contributed by atoms with Crippen LogP contribution in [0.5, 0.6) is 0 Å². The molecule has 0 amide bonds. The highest BCUT2D eigenvalue weighted by molar-refractivity contribution is 5.76. The Morgan fingerprint density at radius 3 is 2.22 bits per heavy atom. The van der Waals surface area contributed by atoms with Crippen LogP contribution in [0.3, 0.4) is 0 Å². The van der Waals surface area contributed by atoms with Gasteiger partial charge in [-0.1, -0.05) is 31.1 Å². The molecule has 196 valence electrons. The minimum absolute atomic E-state index is 0.0486. The van der Waals surface area contributed by atoms with Crippen LogP contribution in [0.4, 0.5) is 0 Å². The zero-order valence-electron chi connectivity index (χ0n) is 22.3. The van der Waals surface area contributed by atoms with Crippen LogP contribution in [0.2, 0.25) is 0 Å². The number of ether oxygens (including phenoxy) is 2. The van der Waals surface area contributed by atoms with Crippen LogP contribution >= 0.6 is 0 Å². The van der Waals surface area contributed by atoms with E-state index in [1.54, 1.807) is 0 Å². The van der Waals surface area contributed by atoms with Crippen LogP contribution in [0.25, 0.3) is 0 Å². The molecular weight excluding hydrogens is 456 g/mol. The minimum Gasteiger partial charge on any atom is -0.461 e. The fourth-order valence-corrected chi connectivity index (χ4v) is 11.0. The van der Waals surface area contributed by atoms with Gasteiger partial charge in [0.2, 0.25) is 0 Å². The molecule has 5 aliphatic carbocycles. The van der Waals surface area contributed by atoms with Crippen LogP contribution in [-0.2, 0) is 19.1 Å². The van der Waals surface area contributed by atoms with Crippen LogP contribution in [0.15, 0.2) is 22.8 Å². The molecule has 5 fully saturated rings. The first-order valence-corrected chi connectivity index (χ1v) is 14.1. The van der Waals surface area contributed by atoms with Crippen molar-refractivity contribution in [1.82, 2.24) is 0 Å². The average Bonchev–Trinajstić information content (AvgIpc) is 3.49. The van der Waals surface area contributed by atoms with E-state index >= 15 is 0 Å². The Bertz CT molecular complexity index is 1130. The molecule has 14 atom stereocenters. The zero-order chi connectivity index (χ0) is 25.7. The maximum absolute atomic E-state index is 13.0. The molecule has 6 nitrogen and oxygen atoms in total. The molecule has 0 radical (unpaired) electrons. The van der Waals surface area contributed by atoms with Crippen molar-refractivity contribution in [3.8, 4) is 0 Å². The summed E-state index contributed by atoms with van der Waals surface area (Å²) in [4.78, 5) is 25.7. The van der Waals surface area contributed by atoms with Gasteiger partial charge in [0.15, 0.2) is 0 Å². The van der Waals surface area contributed by atoms with Crippen LogP contribution in [-0.4, -0.2) is 45.6 Å². The van der Waals surface area contributed by atoms with E-state index in [4.69, 9.17) is 9.47 Å². The summed E-state index contributed by atoms with van der Waals surface area (Å²) in [7, 11) is 0. The molecule has 3 saturated carbocycles. The van der Waals surface area contributed by atoms with E-state index in [9.17, 15) is 19.8 Å². The minimum atomic E-state index is -0.931. The van der Waals surface area contributed by atoms with E-state index in [2.05, 4.69) is 19.9 Å². The van der Waals surface area contributed by atoms with Crippen molar-refractivity contribution in [2.45, 2.75) is 90.6 Å². The fraction of sp³-hybridized carbons (Fsp3) is 0.800. The summed E-state index contributed by atoms with van der Waals surface area (Å²) < 4.78 is 12.4. The van der Waals surface area contributed by atoms with Gasteiger partial charge < -0.3 is 19.7 Å². The average molecular weight is 497 g/mol. The molecule has 0 aromatic rings. The molecule has 2 N–H and O–H groups in total. The Balaban J connectivity index is 1.47. The largest absolute Gasteiger partial charge is 0.461 e. The number of rotatable bonds is 0. The summed E-state index contributed by atoms with van der Waals surface area (Å²) in [5.74, 6) is -0.460. The lowest BCUT2D eigenvalue weighted by atomic mass is 9.58. The first kappa shape index (κ1) is 23.5. The molecule has 2 aliphatic heterocycles. The molecule has 2 unspecified atom stereocenters. The lowest BCUT2D eigenvalue weighted by molar-refractivity contribution is -0.153. The number of allylic oxidation sites excluding steroid dienone is 2. The smallest absolute Gasteiger partial charge is 0.309 e. The number of esters is 2. The van der Waals surface area contributed by atoms with Gasteiger partial charge in [0.25, 0.3) is 0 Å².